The Morgan fingerprint density at radius 2 is 1.38 bits per heavy atom. The van der Waals surface area contributed by atoms with Crippen LogP contribution < -0.4 is 0 Å². The van der Waals surface area contributed by atoms with Crippen molar-refractivity contribution >= 4 is 0 Å². The summed E-state index contributed by atoms with van der Waals surface area (Å²) in [6.07, 6.45) is -0.947. The van der Waals surface area contributed by atoms with Gasteiger partial charge < -0.3 is 10.2 Å². The highest BCUT2D eigenvalue weighted by Gasteiger charge is 2.10. The first-order valence-corrected chi connectivity index (χ1v) is 4.49. The van der Waals surface area contributed by atoms with Gasteiger partial charge in [0.2, 0.25) is 0 Å². The van der Waals surface area contributed by atoms with Crippen molar-refractivity contribution in [1.29, 1.82) is 0 Å². The summed E-state index contributed by atoms with van der Waals surface area (Å²) >= 11 is 0. The van der Waals surface area contributed by atoms with E-state index in [1.165, 1.54) is 0 Å². The molecule has 0 radical (unpaired) electrons. The molecule has 0 saturated carbocycles. The van der Waals surface area contributed by atoms with Crippen molar-refractivity contribution in [3.63, 3.8) is 0 Å². The lowest BCUT2D eigenvalue weighted by atomic mass is 9.96. The van der Waals surface area contributed by atoms with E-state index in [1.807, 2.05) is 25.1 Å². The Morgan fingerprint density at radius 1 is 1.00 bits per heavy atom. The fraction of sp³-hybridized carbons (Fsp3) is 0.455. The molecule has 0 aliphatic carbocycles. The molecule has 2 atom stereocenters. The minimum Gasteiger partial charge on any atom is -0.389 e. The molecule has 72 valence electrons. The Morgan fingerprint density at radius 3 is 1.69 bits per heavy atom. The normalized spacial score (nSPS) is 15.5. The minimum atomic E-state index is -0.473. The van der Waals surface area contributed by atoms with Crippen LogP contribution in [0.4, 0.5) is 0 Å². The van der Waals surface area contributed by atoms with Crippen molar-refractivity contribution in [1.82, 2.24) is 0 Å². The van der Waals surface area contributed by atoms with Crippen LogP contribution in [0.3, 0.4) is 0 Å². The van der Waals surface area contributed by atoms with E-state index in [0.717, 1.165) is 16.7 Å². The van der Waals surface area contributed by atoms with Crippen molar-refractivity contribution in [2.45, 2.75) is 33.0 Å². The molecule has 2 N–H and O–H groups in total. The van der Waals surface area contributed by atoms with Gasteiger partial charge in [-0.15, -0.1) is 0 Å². The number of aliphatic hydroxyl groups excluding tert-OH is 2. The summed E-state index contributed by atoms with van der Waals surface area (Å²) in [6, 6.07) is 5.62. The van der Waals surface area contributed by atoms with Crippen molar-refractivity contribution in [3.05, 3.63) is 34.9 Å². The van der Waals surface area contributed by atoms with Crippen LogP contribution in [-0.2, 0) is 0 Å². The fourth-order valence-electron chi connectivity index (χ4n) is 1.58. The van der Waals surface area contributed by atoms with Crippen molar-refractivity contribution < 1.29 is 10.2 Å². The standard InChI is InChI=1S/C11H16O2/c1-7-10(8(2)12)5-4-6-11(7)9(3)13/h4-6,8-9,12-13H,1-3H3. The molecule has 1 rings (SSSR count). The molecule has 1 aromatic carbocycles. The van der Waals surface area contributed by atoms with Crippen molar-refractivity contribution in [2.75, 3.05) is 0 Å². The number of benzene rings is 1. The summed E-state index contributed by atoms with van der Waals surface area (Å²) in [5, 5.41) is 18.9. The quantitative estimate of drug-likeness (QED) is 0.731. The molecule has 1 aromatic rings. The molecule has 0 aliphatic rings. The average Bonchev–Trinajstić information content (AvgIpc) is 2.03. The largest absolute Gasteiger partial charge is 0.389 e. The summed E-state index contributed by atoms with van der Waals surface area (Å²) in [5.74, 6) is 0. The molecule has 0 saturated heterocycles. The molecule has 2 nitrogen and oxygen atoms in total. The first kappa shape index (κ1) is 10.2. The second-order valence-corrected chi connectivity index (χ2v) is 3.41. The lowest BCUT2D eigenvalue weighted by molar-refractivity contribution is 0.191. The molecule has 0 heterocycles. The fourth-order valence-corrected chi connectivity index (χ4v) is 1.58. The van der Waals surface area contributed by atoms with Crippen LogP contribution in [0.15, 0.2) is 18.2 Å². The Hall–Kier alpha value is -0.860. The van der Waals surface area contributed by atoms with Crippen LogP contribution in [0.5, 0.6) is 0 Å². The number of rotatable bonds is 2. The van der Waals surface area contributed by atoms with E-state index in [4.69, 9.17) is 0 Å². The van der Waals surface area contributed by atoms with Gasteiger partial charge in [0.05, 0.1) is 12.2 Å². The Labute approximate surface area is 78.8 Å². The smallest absolute Gasteiger partial charge is 0.0764 e. The van der Waals surface area contributed by atoms with E-state index >= 15 is 0 Å². The zero-order valence-electron chi connectivity index (χ0n) is 8.28. The second kappa shape index (κ2) is 3.90. The molecule has 2 unspecified atom stereocenters. The average molecular weight is 180 g/mol. The van der Waals surface area contributed by atoms with Gasteiger partial charge in [0.15, 0.2) is 0 Å². The van der Waals surface area contributed by atoms with E-state index in [1.54, 1.807) is 13.8 Å². The summed E-state index contributed by atoms with van der Waals surface area (Å²) in [5.41, 5.74) is 2.75. The molecule has 0 amide bonds. The number of hydrogen-bond acceptors (Lipinski definition) is 2. The van der Waals surface area contributed by atoms with E-state index in [9.17, 15) is 10.2 Å². The van der Waals surface area contributed by atoms with E-state index in [2.05, 4.69) is 0 Å². The van der Waals surface area contributed by atoms with Crippen LogP contribution in [0.25, 0.3) is 0 Å². The SMILES string of the molecule is Cc1c(C(C)O)cccc1C(C)O. The third-order valence-electron chi connectivity index (χ3n) is 2.32. The van der Waals surface area contributed by atoms with Crippen LogP contribution in [0.2, 0.25) is 0 Å². The molecule has 0 aromatic heterocycles. The Bertz CT molecular complexity index is 264. The highest BCUT2D eigenvalue weighted by molar-refractivity contribution is 5.36. The highest BCUT2D eigenvalue weighted by Crippen LogP contribution is 2.24. The molecule has 0 bridgehead atoms. The third kappa shape index (κ3) is 2.08. The molecule has 0 fully saturated rings. The molecule has 13 heavy (non-hydrogen) atoms. The van der Waals surface area contributed by atoms with E-state index in [0.29, 0.717) is 0 Å². The maximum atomic E-state index is 9.43. The van der Waals surface area contributed by atoms with Gasteiger partial charge in [-0.05, 0) is 37.5 Å². The predicted molar refractivity (Wildman–Crippen MR) is 52.4 cm³/mol. The van der Waals surface area contributed by atoms with Gasteiger partial charge in [0, 0.05) is 0 Å². The zero-order chi connectivity index (χ0) is 10.0. The first-order valence-electron chi connectivity index (χ1n) is 4.49. The monoisotopic (exact) mass is 180 g/mol. The predicted octanol–water partition coefficient (Wildman–Crippen LogP) is 2.10. The third-order valence-corrected chi connectivity index (χ3v) is 2.32. The van der Waals surface area contributed by atoms with Gasteiger partial charge in [-0.3, -0.25) is 0 Å². The summed E-state index contributed by atoms with van der Waals surface area (Å²) in [7, 11) is 0. The molecule has 0 spiro atoms. The minimum absolute atomic E-state index is 0.473. The number of aliphatic hydroxyl groups is 2. The molecular formula is C11H16O2. The van der Waals surface area contributed by atoms with Crippen LogP contribution in [0, 0.1) is 6.92 Å². The number of hydrogen-bond donors (Lipinski definition) is 2. The summed E-state index contributed by atoms with van der Waals surface area (Å²) < 4.78 is 0. The summed E-state index contributed by atoms with van der Waals surface area (Å²) in [4.78, 5) is 0. The van der Waals surface area contributed by atoms with Crippen LogP contribution >= 0.6 is 0 Å². The lowest BCUT2D eigenvalue weighted by Crippen LogP contribution is -2.01. The zero-order valence-corrected chi connectivity index (χ0v) is 8.28. The van der Waals surface area contributed by atoms with Gasteiger partial charge in [-0.2, -0.15) is 0 Å². The highest BCUT2D eigenvalue weighted by atomic mass is 16.3. The van der Waals surface area contributed by atoms with Gasteiger partial charge in [0.25, 0.3) is 0 Å². The van der Waals surface area contributed by atoms with E-state index < -0.39 is 12.2 Å². The topological polar surface area (TPSA) is 40.5 Å². The second-order valence-electron chi connectivity index (χ2n) is 3.41. The maximum absolute atomic E-state index is 9.43. The maximum Gasteiger partial charge on any atom is 0.0764 e. The van der Waals surface area contributed by atoms with Crippen molar-refractivity contribution in [3.8, 4) is 0 Å². The molecule has 0 aliphatic heterocycles. The van der Waals surface area contributed by atoms with Gasteiger partial charge in [-0.25, -0.2) is 0 Å². The Kier molecular flexibility index (Phi) is 3.07. The molecular weight excluding hydrogens is 164 g/mol. The van der Waals surface area contributed by atoms with Gasteiger partial charge in [-0.1, -0.05) is 18.2 Å². The van der Waals surface area contributed by atoms with Crippen molar-refractivity contribution in [2.24, 2.45) is 0 Å². The first-order chi connectivity index (χ1) is 6.04. The summed E-state index contributed by atoms with van der Waals surface area (Å²) in [6.45, 7) is 5.38. The van der Waals surface area contributed by atoms with Crippen LogP contribution in [-0.4, -0.2) is 10.2 Å². The molecule has 2 heteroatoms. The van der Waals surface area contributed by atoms with Gasteiger partial charge >= 0.3 is 0 Å². The van der Waals surface area contributed by atoms with E-state index in [-0.39, 0.29) is 0 Å². The lowest BCUT2D eigenvalue weighted by Gasteiger charge is -2.14. The van der Waals surface area contributed by atoms with Gasteiger partial charge in [0.1, 0.15) is 0 Å². The van der Waals surface area contributed by atoms with Crippen LogP contribution in [0.1, 0.15) is 42.7 Å². The Balaban J connectivity index is 3.18.